The van der Waals surface area contributed by atoms with Crippen molar-refractivity contribution < 1.29 is 14.2 Å². The van der Waals surface area contributed by atoms with Gasteiger partial charge in [0, 0.05) is 29.7 Å². The van der Waals surface area contributed by atoms with Crippen LogP contribution in [0, 0.1) is 5.82 Å². The Hall–Kier alpha value is -1.91. The van der Waals surface area contributed by atoms with E-state index in [4.69, 9.17) is 4.74 Å². The second-order valence-corrected chi connectivity index (χ2v) is 7.09. The average Bonchev–Trinajstić information content (AvgIpc) is 3.12. The van der Waals surface area contributed by atoms with E-state index in [1.165, 1.54) is 13.2 Å². The van der Waals surface area contributed by atoms with Gasteiger partial charge in [0.1, 0.15) is 6.10 Å². The molecule has 1 atom stereocenters. The van der Waals surface area contributed by atoms with Gasteiger partial charge in [-0.2, -0.15) is 0 Å². The molecule has 0 saturated carbocycles. The number of aliphatic hydroxyl groups is 1. The number of rotatable bonds is 6. The van der Waals surface area contributed by atoms with E-state index in [0.717, 1.165) is 20.5 Å². The molecule has 0 aliphatic carbocycles. The predicted molar refractivity (Wildman–Crippen MR) is 123 cm³/mol. The lowest BCUT2D eigenvalue weighted by Crippen LogP contribution is -2.38. The van der Waals surface area contributed by atoms with Crippen molar-refractivity contribution in [2.45, 2.75) is 12.6 Å². The quantitative estimate of drug-likeness (QED) is 0.263. The van der Waals surface area contributed by atoms with Crippen LogP contribution in [0.15, 0.2) is 53.5 Å². The molecule has 0 fully saturated rings. The summed E-state index contributed by atoms with van der Waals surface area (Å²) in [5.74, 6) is 0.346. The summed E-state index contributed by atoms with van der Waals surface area (Å²) in [6, 6.07) is 14.8. The molecule has 8 heteroatoms. The molecule has 0 aliphatic heterocycles. The van der Waals surface area contributed by atoms with Crippen molar-refractivity contribution in [3.63, 3.8) is 0 Å². The molecule has 0 saturated heterocycles. The monoisotopic (exact) mass is 515 g/mol. The number of hydrogen-bond acceptors (Lipinski definition) is 4. The summed E-state index contributed by atoms with van der Waals surface area (Å²) in [4.78, 5) is 5.04. The maximum atomic E-state index is 13.8. The molecule has 0 radical (unpaired) electrons. The number of thiophene rings is 1. The lowest BCUT2D eigenvalue weighted by atomic mass is 10.2. The zero-order valence-corrected chi connectivity index (χ0v) is 18.8. The Morgan fingerprint density at radius 2 is 2.00 bits per heavy atom. The molecule has 1 unspecified atom stereocenters. The minimum atomic E-state index is -0.639. The lowest BCUT2D eigenvalue weighted by molar-refractivity contribution is 0.184. The molecule has 28 heavy (non-hydrogen) atoms. The number of methoxy groups -OCH3 is 1. The molecular formula is C20H23FIN3O2S. The lowest BCUT2D eigenvalue weighted by Gasteiger charge is -2.15. The zero-order valence-electron chi connectivity index (χ0n) is 15.6. The first-order chi connectivity index (χ1) is 13.1. The van der Waals surface area contributed by atoms with E-state index >= 15 is 0 Å². The second-order valence-electron chi connectivity index (χ2n) is 5.98. The minimum Gasteiger partial charge on any atom is -0.494 e. The molecule has 0 bridgehead atoms. The summed E-state index contributed by atoms with van der Waals surface area (Å²) in [5, 5.41) is 17.8. The van der Waals surface area contributed by atoms with Gasteiger partial charge in [0.2, 0.25) is 0 Å². The Labute approximate surface area is 184 Å². The third-order valence-corrected chi connectivity index (χ3v) is 5.35. The van der Waals surface area contributed by atoms with Crippen LogP contribution in [0.4, 0.5) is 4.39 Å². The number of guanidine groups is 1. The number of benzene rings is 2. The Bertz CT molecular complexity index is 915. The van der Waals surface area contributed by atoms with Crippen molar-refractivity contribution in [3.8, 4) is 5.75 Å². The fraction of sp³-hybridized carbons (Fsp3) is 0.250. The maximum absolute atomic E-state index is 13.8. The van der Waals surface area contributed by atoms with Gasteiger partial charge in [-0.05, 0) is 35.2 Å². The first kappa shape index (κ1) is 22.4. The highest BCUT2D eigenvalue weighted by molar-refractivity contribution is 14.0. The third-order valence-electron chi connectivity index (χ3n) is 4.14. The van der Waals surface area contributed by atoms with Crippen LogP contribution in [-0.4, -0.2) is 31.8 Å². The van der Waals surface area contributed by atoms with E-state index in [9.17, 15) is 9.50 Å². The predicted octanol–water partition coefficient (Wildman–Crippen LogP) is 4.07. The number of nitrogens with one attached hydrogen (secondary N) is 2. The molecule has 2 aromatic carbocycles. The van der Waals surface area contributed by atoms with Crippen molar-refractivity contribution in [1.29, 1.82) is 0 Å². The van der Waals surface area contributed by atoms with Gasteiger partial charge in [0.05, 0.1) is 7.11 Å². The number of halogens is 2. The topological polar surface area (TPSA) is 65.9 Å². The summed E-state index contributed by atoms with van der Waals surface area (Å²) in [6.45, 7) is 0.725. The Balaban J connectivity index is 0.00000280. The Kier molecular flexibility index (Phi) is 8.46. The molecule has 0 amide bonds. The van der Waals surface area contributed by atoms with Gasteiger partial charge in [-0.1, -0.05) is 24.3 Å². The van der Waals surface area contributed by atoms with Gasteiger partial charge < -0.3 is 20.5 Å². The Morgan fingerprint density at radius 3 is 2.68 bits per heavy atom. The van der Waals surface area contributed by atoms with Gasteiger partial charge in [-0.3, -0.25) is 4.99 Å². The summed E-state index contributed by atoms with van der Waals surface area (Å²) >= 11 is 1.58. The highest BCUT2D eigenvalue weighted by Crippen LogP contribution is 2.29. The van der Waals surface area contributed by atoms with Crippen molar-refractivity contribution in [2.75, 3.05) is 20.7 Å². The number of ether oxygens (including phenoxy) is 1. The molecule has 1 aromatic heterocycles. The number of hydrogen-bond donors (Lipinski definition) is 3. The van der Waals surface area contributed by atoms with E-state index in [0.29, 0.717) is 19.0 Å². The normalized spacial score (nSPS) is 12.4. The molecule has 3 N–H and O–H groups in total. The third kappa shape index (κ3) is 5.55. The summed E-state index contributed by atoms with van der Waals surface area (Å²) in [7, 11) is 3.08. The first-order valence-corrected chi connectivity index (χ1v) is 9.36. The first-order valence-electron chi connectivity index (χ1n) is 8.54. The van der Waals surface area contributed by atoms with Crippen LogP contribution in [-0.2, 0) is 6.54 Å². The summed E-state index contributed by atoms with van der Waals surface area (Å²) in [6.07, 6.45) is -0.639. The van der Waals surface area contributed by atoms with E-state index in [1.54, 1.807) is 30.5 Å². The van der Waals surface area contributed by atoms with Gasteiger partial charge in [0.25, 0.3) is 0 Å². The molecular weight excluding hydrogens is 492 g/mol. The number of fused-ring (bicyclic) bond motifs is 1. The fourth-order valence-electron chi connectivity index (χ4n) is 2.69. The van der Waals surface area contributed by atoms with Crippen LogP contribution in [0.5, 0.6) is 5.75 Å². The summed E-state index contributed by atoms with van der Waals surface area (Å²) < 4.78 is 19.8. The maximum Gasteiger partial charge on any atom is 0.191 e. The largest absolute Gasteiger partial charge is 0.494 e. The van der Waals surface area contributed by atoms with E-state index < -0.39 is 11.9 Å². The molecule has 5 nitrogen and oxygen atoms in total. The van der Waals surface area contributed by atoms with Crippen LogP contribution in [0.1, 0.15) is 16.5 Å². The van der Waals surface area contributed by atoms with Gasteiger partial charge in [0.15, 0.2) is 17.5 Å². The van der Waals surface area contributed by atoms with Crippen molar-refractivity contribution in [2.24, 2.45) is 4.99 Å². The fourth-order valence-corrected chi connectivity index (χ4v) is 3.74. The zero-order chi connectivity index (χ0) is 19.2. The van der Waals surface area contributed by atoms with Crippen LogP contribution in [0.3, 0.4) is 0 Å². The van der Waals surface area contributed by atoms with Gasteiger partial charge >= 0.3 is 0 Å². The minimum absolute atomic E-state index is 0. The van der Waals surface area contributed by atoms with Crippen molar-refractivity contribution in [3.05, 3.63) is 64.8 Å². The second kappa shape index (κ2) is 10.6. The van der Waals surface area contributed by atoms with Crippen LogP contribution in [0.25, 0.3) is 10.1 Å². The number of nitrogens with zero attached hydrogens (tertiary/aromatic N) is 1. The molecule has 1 heterocycles. The highest BCUT2D eigenvalue weighted by atomic mass is 127. The van der Waals surface area contributed by atoms with Crippen LogP contribution < -0.4 is 15.4 Å². The van der Waals surface area contributed by atoms with Crippen LogP contribution >= 0.6 is 35.3 Å². The van der Waals surface area contributed by atoms with E-state index in [1.807, 2.05) is 30.3 Å². The smallest absolute Gasteiger partial charge is 0.191 e. The SMILES string of the molecule is CN=C(NCc1ccc(OC)c(F)c1)NCC(O)c1cc2ccccc2s1.I. The molecule has 0 spiro atoms. The Morgan fingerprint density at radius 1 is 1.21 bits per heavy atom. The number of aliphatic hydroxyl groups excluding tert-OH is 1. The standard InChI is InChI=1S/C20H22FN3O2S.HI/c1-22-20(23-11-13-7-8-17(26-2)15(21)9-13)24-12-16(25)19-10-14-5-3-4-6-18(14)27-19;/h3-10,16,25H,11-12H2,1-2H3,(H2,22,23,24);1H. The van der Waals surface area contributed by atoms with Gasteiger partial charge in [-0.25, -0.2) is 4.39 Å². The molecule has 3 rings (SSSR count). The van der Waals surface area contributed by atoms with E-state index in [2.05, 4.69) is 15.6 Å². The number of aliphatic imine (C=N–C) groups is 1. The van der Waals surface area contributed by atoms with Crippen LogP contribution in [0.2, 0.25) is 0 Å². The highest BCUT2D eigenvalue weighted by Gasteiger charge is 2.12. The summed E-state index contributed by atoms with van der Waals surface area (Å²) in [5.41, 5.74) is 0.765. The molecule has 0 aliphatic rings. The van der Waals surface area contributed by atoms with Crippen molar-refractivity contribution in [1.82, 2.24) is 10.6 Å². The molecule has 150 valence electrons. The molecule has 3 aromatic rings. The van der Waals surface area contributed by atoms with Gasteiger partial charge in [-0.15, -0.1) is 35.3 Å². The van der Waals surface area contributed by atoms with E-state index in [-0.39, 0.29) is 29.7 Å². The average molecular weight is 515 g/mol. The van der Waals surface area contributed by atoms with Crippen molar-refractivity contribution >= 4 is 51.4 Å².